The topological polar surface area (TPSA) is 60.4 Å². The SMILES string of the molecule is COc1cccc(C(=O)C(C)S(C)(=O)=O)c1. The van der Waals surface area contributed by atoms with Gasteiger partial charge in [0, 0.05) is 11.8 Å². The summed E-state index contributed by atoms with van der Waals surface area (Å²) >= 11 is 0. The van der Waals surface area contributed by atoms with Crippen LogP contribution in [0.2, 0.25) is 0 Å². The number of ketones is 1. The van der Waals surface area contributed by atoms with Gasteiger partial charge in [-0.15, -0.1) is 0 Å². The molecule has 0 aliphatic carbocycles. The fourth-order valence-electron chi connectivity index (χ4n) is 1.21. The van der Waals surface area contributed by atoms with E-state index in [0.29, 0.717) is 11.3 Å². The molecule has 0 aromatic heterocycles. The summed E-state index contributed by atoms with van der Waals surface area (Å²) < 4.78 is 27.5. The Bertz CT molecular complexity index is 490. The van der Waals surface area contributed by atoms with Crippen LogP contribution in [0.1, 0.15) is 17.3 Å². The minimum atomic E-state index is -3.36. The Morgan fingerprint density at radius 1 is 1.38 bits per heavy atom. The van der Waals surface area contributed by atoms with Gasteiger partial charge in [-0.25, -0.2) is 8.42 Å². The predicted molar refractivity (Wildman–Crippen MR) is 61.6 cm³/mol. The Balaban J connectivity index is 3.06. The average molecular weight is 242 g/mol. The molecule has 0 aliphatic heterocycles. The summed E-state index contributed by atoms with van der Waals surface area (Å²) in [4.78, 5) is 11.8. The summed E-state index contributed by atoms with van der Waals surface area (Å²) in [7, 11) is -1.87. The number of hydrogen-bond donors (Lipinski definition) is 0. The highest BCUT2D eigenvalue weighted by molar-refractivity contribution is 7.92. The lowest BCUT2D eigenvalue weighted by molar-refractivity contribution is 0.0991. The van der Waals surface area contributed by atoms with Crippen molar-refractivity contribution in [3.63, 3.8) is 0 Å². The molecule has 88 valence electrons. The Labute approximate surface area is 95.2 Å². The summed E-state index contributed by atoms with van der Waals surface area (Å²) in [5, 5.41) is -1.03. The molecule has 1 rings (SSSR count). The van der Waals surface area contributed by atoms with Crippen molar-refractivity contribution in [2.75, 3.05) is 13.4 Å². The Morgan fingerprint density at radius 3 is 2.50 bits per heavy atom. The van der Waals surface area contributed by atoms with Gasteiger partial charge >= 0.3 is 0 Å². The van der Waals surface area contributed by atoms with Gasteiger partial charge in [0.05, 0.1) is 7.11 Å². The largest absolute Gasteiger partial charge is 0.497 e. The minimum absolute atomic E-state index is 0.345. The maximum absolute atomic E-state index is 11.8. The molecule has 0 fully saturated rings. The van der Waals surface area contributed by atoms with E-state index in [4.69, 9.17) is 4.74 Å². The van der Waals surface area contributed by atoms with Crippen molar-refractivity contribution in [3.8, 4) is 5.75 Å². The van der Waals surface area contributed by atoms with E-state index in [-0.39, 0.29) is 0 Å². The number of sulfone groups is 1. The van der Waals surface area contributed by atoms with Crippen LogP contribution in [0.5, 0.6) is 5.75 Å². The second-order valence-electron chi connectivity index (χ2n) is 3.57. The molecule has 16 heavy (non-hydrogen) atoms. The van der Waals surface area contributed by atoms with E-state index in [1.165, 1.54) is 20.1 Å². The number of carbonyl (C=O) groups excluding carboxylic acids is 1. The van der Waals surface area contributed by atoms with Crippen molar-refractivity contribution in [1.82, 2.24) is 0 Å². The Hall–Kier alpha value is -1.36. The predicted octanol–water partition coefficient (Wildman–Crippen LogP) is 1.31. The monoisotopic (exact) mass is 242 g/mol. The van der Waals surface area contributed by atoms with Gasteiger partial charge in [-0.1, -0.05) is 12.1 Å². The molecule has 4 nitrogen and oxygen atoms in total. The summed E-state index contributed by atoms with van der Waals surface area (Å²) in [5.74, 6) is 0.118. The van der Waals surface area contributed by atoms with E-state index in [1.807, 2.05) is 0 Å². The van der Waals surface area contributed by atoms with Crippen molar-refractivity contribution in [3.05, 3.63) is 29.8 Å². The third-order valence-electron chi connectivity index (χ3n) is 2.37. The van der Waals surface area contributed by atoms with E-state index >= 15 is 0 Å². The molecule has 0 aliphatic rings. The van der Waals surface area contributed by atoms with Crippen LogP contribution in [-0.2, 0) is 9.84 Å². The van der Waals surface area contributed by atoms with Crippen LogP contribution in [0.15, 0.2) is 24.3 Å². The zero-order valence-electron chi connectivity index (χ0n) is 9.43. The van der Waals surface area contributed by atoms with Gasteiger partial charge in [-0.3, -0.25) is 4.79 Å². The molecule has 1 unspecified atom stereocenters. The number of ether oxygens (including phenoxy) is 1. The van der Waals surface area contributed by atoms with Gasteiger partial charge in [-0.05, 0) is 19.1 Å². The maximum Gasteiger partial charge on any atom is 0.180 e. The quantitative estimate of drug-likeness (QED) is 0.747. The number of benzene rings is 1. The molecule has 0 N–H and O–H groups in total. The fourth-order valence-corrected chi connectivity index (χ4v) is 1.73. The first-order valence-corrected chi connectivity index (χ1v) is 6.69. The summed E-state index contributed by atoms with van der Waals surface area (Å²) in [6, 6.07) is 6.46. The molecular formula is C11H14O4S. The fraction of sp³-hybridized carbons (Fsp3) is 0.364. The molecule has 5 heteroatoms. The standard InChI is InChI=1S/C11H14O4S/c1-8(16(3,13)14)11(12)9-5-4-6-10(7-9)15-2/h4-8H,1-3H3. The van der Waals surface area contributed by atoms with Crippen LogP contribution < -0.4 is 4.74 Å². The van der Waals surface area contributed by atoms with Gasteiger partial charge in [-0.2, -0.15) is 0 Å². The average Bonchev–Trinajstić information content (AvgIpc) is 2.26. The third-order valence-corrected chi connectivity index (χ3v) is 3.86. The smallest absolute Gasteiger partial charge is 0.180 e. The molecule has 0 radical (unpaired) electrons. The molecule has 0 bridgehead atoms. The van der Waals surface area contributed by atoms with Gasteiger partial charge in [0.1, 0.15) is 11.0 Å². The van der Waals surface area contributed by atoms with Crippen LogP contribution >= 0.6 is 0 Å². The van der Waals surface area contributed by atoms with Crippen LogP contribution in [-0.4, -0.2) is 32.8 Å². The van der Waals surface area contributed by atoms with Gasteiger partial charge < -0.3 is 4.74 Å². The highest BCUT2D eigenvalue weighted by Crippen LogP contribution is 2.16. The third kappa shape index (κ3) is 2.82. The van der Waals surface area contributed by atoms with Crippen molar-refractivity contribution in [2.24, 2.45) is 0 Å². The highest BCUT2D eigenvalue weighted by Gasteiger charge is 2.24. The number of methoxy groups -OCH3 is 1. The number of carbonyl (C=O) groups is 1. The molecule has 0 saturated carbocycles. The number of Topliss-reactive ketones (excluding diaryl/α,β-unsaturated/α-hetero) is 1. The Kier molecular flexibility index (Phi) is 3.70. The van der Waals surface area contributed by atoms with Crippen LogP contribution in [0.25, 0.3) is 0 Å². The normalized spacial score (nSPS) is 13.2. The summed E-state index contributed by atoms with van der Waals surface area (Å²) in [6.45, 7) is 1.39. The molecule has 0 saturated heterocycles. The highest BCUT2D eigenvalue weighted by atomic mass is 32.2. The van der Waals surface area contributed by atoms with Crippen molar-refractivity contribution in [1.29, 1.82) is 0 Å². The molecule has 1 aromatic rings. The number of hydrogen-bond acceptors (Lipinski definition) is 4. The molecule has 0 heterocycles. The molecule has 0 spiro atoms. The maximum atomic E-state index is 11.8. The first kappa shape index (κ1) is 12.7. The van der Waals surface area contributed by atoms with E-state index in [9.17, 15) is 13.2 Å². The first-order chi connectivity index (χ1) is 7.36. The molecule has 0 amide bonds. The zero-order valence-corrected chi connectivity index (χ0v) is 10.2. The molecular weight excluding hydrogens is 228 g/mol. The van der Waals surface area contributed by atoms with E-state index in [2.05, 4.69) is 0 Å². The van der Waals surface area contributed by atoms with Crippen LogP contribution in [0.3, 0.4) is 0 Å². The number of rotatable bonds is 4. The van der Waals surface area contributed by atoms with Crippen LogP contribution in [0.4, 0.5) is 0 Å². The second-order valence-corrected chi connectivity index (χ2v) is 5.93. The van der Waals surface area contributed by atoms with E-state index in [0.717, 1.165) is 6.26 Å². The van der Waals surface area contributed by atoms with Crippen LogP contribution in [0, 0.1) is 0 Å². The van der Waals surface area contributed by atoms with Crippen molar-refractivity contribution < 1.29 is 17.9 Å². The summed E-state index contributed by atoms with van der Waals surface area (Å²) in [5.41, 5.74) is 0.345. The first-order valence-electron chi connectivity index (χ1n) is 4.73. The zero-order chi connectivity index (χ0) is 12.3. The van der Waals surface area contributed by atoms with Gasteiger partial charge in [0.15, 0.2) is 15.6 Å². The lowest BCUT2D eigenvalue weighted by Gasteiger charge is -2.09. The summed E-state index contributed by atoms with van der Waals surface area (Å²) in [6.07, 6.45) is 1.05. The lowest BCUT2D eigenvalue weighted by atomic mass is 10.1. The second kappa shape index (κ2) is 4.65. The van der Waals surface area contributed by atoms with Crippen molar-refractivity contribution >= 4 is 15.6 Å². The van der Waals surface area contributed by atoms with Gasteiger partial charge in [0.25, 0.3) is 0 Å². The Morgan fingerprint density at radius 2 is 2.00 bits per heavy atom. The minimum Gasteiger partial charge on any atom is -0.497 e. The molecule has 1 aromatic carbocycles. The van der Waals surface area contributed by atoms with E-state index in [1.54, 1.807) is 18.2 Å². The van der Waals surface area contributed by atoms with Gasteiger partial charge in [0.2, 0.25) is 0 Å². The van der Waals surface area contributed by atoms with Crippen molar-refractivity contribution in [2.45, 2.75) is 12.2 Å². The lowest BCUT2D eigenvalue weighted by Crippen LogP contribution is -2.26. The molecule has 1 atom stereocenters. The van der Waals surface area contributed by atoms with E-state index < -0.39 is 20.9 Å².